The number of rotatable bonds is 10. The summed E-state index contributed by atoms with van der Waals surface area (Å²) in [6.45, 7) is 5.73. The fourth-order valence-electron chi connectivity index (χ4n) is 3.39. The lowest BCUT2D eigenvalue weighted by Crippen LogP contribution is -2.33. The summed E-state index contributed by atoms with van der Waals surface area (Å²) in [4.78, 5) is 0. The summed E-state index contributed by atoms with van der Waals surface area (Å²) in [5.74, 6) is 0.812. The topological polar surface area (TPSA) is 12.0 Å². The van der Waals surface area contributed by atoms with Crippen molar-refractivity contribution in [3.05, 3.63) is 35.4 Å². The maximum atomic E-state index is 3.78. The zero-order valence-electron chi connectivity index (χ0n) is 13.3. The van der Waals surface area contributed by atoms with Crippen LogP contribution >= 0.6 is 0 Å². The predicted molar refractivity (Wildman–Crippen MR) is 88.3 cm³/mol. The Morgan fingerprint density at radius 2 is 1.95 bits per heavy atom. The predicted octanol–water partition coefficient (Wildman–Crippen LogP) is 5.06. The number of hydrogen-bond acceptors (Lipinski definition) is 1. The first-order valence-corrected chi connectivity index (χ1v) is 8.66. The largest absolute Gasteiger partial charge is 0.314 e. The van der Waals surface area contributed by atoms with Crippen molar-refractivity contribution < 1.29 is 0 Å². The highest BCUT2D eigenvalue weighted by Gasteiger charge is 2.27. The molecule has 0 amide bonds. The molecule has 1 aromatic rings. The fourth-order valence-corrected chi connectivity index (χ4v) is 3.39. The third kappa shape index (κ3) is 4.34. The van der Waals surface area contributed by atoms with Crippen molar-refractivity contribution in [2.24, 2.45) is 0 Å². The standard InChI is InChI=1S/C19H31N/c1-3-5-6-7-11-18(20-13-4-2)15-17-14-16-10-8-9-12-19(16)17/h8-10,12,17-18,20H,3-7,11,13-15H2,1-2H3. The van der Waals surface area contributed by atoms with Gasteiger partial charge in [0, 0.05) is 6.04 Å². The van der Waals surface area contributed by atoms with Gasteiger partial charge in [0.2, 0.25) is 0 Å². The summed E-state index contributed by atoms with van der Waals surface area (Å²) >= 11 is 0. The Bertz CT molecular complexity index is 385. The number of hydrogen-bond donors (Lipinski definition) is 1. The molecule has 0 saturated heterocycles. The lowest BCUT2D eigenvalue weighted by molar-refractivity contribution is 0.386. The molecule has 1 aromatic carbocycles. The van der Waals surface area contributed by atoms with Gasteiger partial charge in [0.15, 0.2) is 0 Å². The van der Waals surface area contributed by atoms with Gasteiger partial charge in [0.05, 0.1) is 0 Å². The highest BCUT2D eigenvalue weighted by molar-refractivity contribution is 5.39. The summed E-state index contributed by atoms with van der Waals surface area (Å²) in [7, 11) is 0. The third-order valence-corrected chi connectivity index (χ3v) is 4.62. The van der Waals surface area contributed by atoms with Crippen molar-refractivity contribution in [2.75, 3.05) is 6.54 Å². The molecule has 1 N–H and O–H groups in total. The molecule has 0 aromatic heterocycles. The molecule has 0 fully saturated rings. The first kappa shape index (κ1) is 15.6. The van der Waals surface area contributed by atoms with E-state index >= 15 is 0 Å². The average Bonchev–Trinajstić information content (AvgIpc) is 2.45. The Balaban J connectivity index is 1.79. The van der Waals surface area contributed by atoms with Crippen LogP contribution in [0, 0.1) is 0 Å². The zero-order chi connectivity index (χ0) is 14.2. The number of benzene rings is 1. The van der Waals surface area contributed by atoms with Crippen LogP contribution in [0.1, 0.15) is 75.8 Å². The molecule has 1 aliphatic rings. The third-order valence-electron chi connectivity index (χ3n) is 4.62. The quantitative estimate of drug-likeness (QED) is 0.588. The Morgan fingerprint density at radius 3 is 2.70 bits per heavy atom. The van der Waals surface area contributed by atoms with E-state index in [9.17, 15) is 0 Å². The van der Waals surface area contributed by atoms with Gasteiger partial charge in [-0.2, -0.15) is 0 Å². The van der Waals surface area contributed by atoms with E-state index < -0.39 is 0 Å². The Morgan fingerprint density at radius 1 is 1.10 bits per heavy atom. The summed E-state index contributed by atoms with van der Waals surface area (Å²) in [6.07, 6.45) is 10.8. The Labute approximate surface area is 125 Å². The number of fused-ring (bicyclic) bond motifs is 1. The van der Waals surface area contributed by atoms with Crippen molar-refractivity contribution in [3.8, 4) is 0 Å². The van der Waals surface area contributed by atoms with Crippen LogP contribution in [-0.4, -0.2) is 12.6 Å². The molecule has 0 bridgehead atoms. The molecule has 2 atom stereocenters. The molecule has 1 nitrogen and oxygen atoms in total. The second kappa shape index (κ2) is 8.46. The van der Waals surface area contributed by atoms with Crippen LogP contribution in [0.3, 0.4) is 0 Å². The fraction of sp³-hybridized carbons (Fsp3) is 0.684. The van der Waals surface area contributed by atoms with Gasteiger partial charge >= 0.3 is 0 Å². The second-order valence-electron chi connectivity index (χ2n) is 6.34. The molecular weight excluding hydrogens is 242 g/mol. The molecule has 1 heteroatoms. The zero-order valence-corrected chi connectivity index (χ0v) is 13.3. The maximum Gasteiger partial charge on any atom is 0.00730 e. The van der Waals surface area contributed by atoms with Crippen LogP contribution in [0.15, 0.2) is 24.3 Å². The smallest absolute Gasteiger partial charge is 0.00730 e. The maximum absolute atomic E-state index is 3.78. The van der Waals surface area contributed by atoms with Crippen LogP contribution in [0.2, 0.25) is 0 Å². The van der Waals surface area contributed by atoms with Crippen molar-refractivity contribution in [1.29, 1.82) is 0 Å². The monoisotopic (exact) mass is 273 g/mol. The minimum Gasteiger partial charge on any atom is -0.314 e. The molecule has 2 rings (SSSR count). The van der Waals surface area contributed by atoms with Gasteiger partial charge < -0.3 is 5.32 Å². The van der Waals surface area contributed by atoms with Gasteiger partial charge in [0.1, 0.15) is 0 Å². The van der Waals surface area contributed by atoms with Crippen molar-refractivity contribution in [3.63, 3.8) is 0 Å². The lowest BCUT2D eigenvalue weighted by atomic mass is 9.74. The van der Waals surface area contributed by atoms with E-state index in [-0.39, 0.29) is 0 Å². The molecule has 1 aliphatic carbocycles. The Hall–Kier alpha value is -0.820. The van der Waals surface area contributed by atoms with Gasteiger partial charge in [0.25, 0.3) is 0 Å². The van der Waals surface area contributed by atoms with Crippen molar-refractivity contribution in [1.82, 2.24) is 5.32 Å². The van der Waals surface area contributed by atoms with E-state index in [2.05, 4.69) is 43.4 Å². The van der Waals surface area contributed by atoms with Gasteiger partial charge in [-0.15, -0.1) is 0 Å². The highest BCUT2D eigenvalue weighted by atomic mass is 14.9. The van der Waals surface area contributed by atoms with E-state index in [4.69, 9.17) is 0 Å². The molecule has 0 saturated carbocycles. The minimum absolute atomic E-state index is 0.727. The van der Waals surface area contributed by atoms with Gasteiger partial charge in [-0.1, -0.05) is 63.8 Å². The second-order valence-corrected chi connectivity index (χ2v) is 6.34. The summed E-state index contributed by atoms with van der Waals surface area (Å²) in [5, 5.41) is 3.78. The van der Waals surface area contributed by atoms with Crippen LogP contribution in [0.4, 0.5) is 0 Å². The first-order chi connectivity index (χ1) is 9.85. The van der Waals surface area contributed by atoms with E-state index in [1.807, 2.05) is 0 Å². The lowest BCUT2D eigenvalue weighted by Gasteiger charge is -2.33. The van der Waals surface area contributed by atoms with E-state index in [1.165, 1.54) is 57.9 Å². The van der Waals surface area contributed by atoms with Crippen LogP contribution < -0.4 is 5.32 Å². The number of nitrogens with one attached hydrogen (secondary N) is 1. The van der Waals surface area contributed by atoms with Gasteiger partial charge in [-0.3, -0.25) is 0 Å². The van der Waals surface area contributed by atoms with Crippen LogP contribution in [0.25, 0.3) is 0 Å². The van der Waals surface area contributed by atoms with E-state index in [1.54, 1.807) is 11.1 Å². The molecular formula is C19H31N. The molecule has 0 heterocycles. The van der Waals surface area contributed by atoms with Crippen molar-refractivity contribution in [2.45, 2.75) is 77.2 Å². The molecule has 0 spiro atoms. The van der Waals surface area contributed by atoms with Crippen molar-refractivity contribution >= 4 is 0 Å². The molecule has 0 radical (unpaired) electrons. The molecule has 0 aliphatic heterocycles. The van der Waals surface area contributed by atoms with Crippen LogP contribution in [0.5, 0.6) is 0 Å². The minimum atomic E-state index is 0.727. The SMILES string of the molecule is CCCCCCC(CC1Cc2ccccc21)NCCC. The average molecular weight is 273 g/mol. The Kier molecular flexibility index (Phi) is 6.59. The molecule has 20 heavy (non-hydrogen) atoms. The van der Waals surface area contributed by atoms with Gasteiger partial charge in [-0.25, -0.2) is 0 Å². The van der Waals surface area contributed by atoms with Gasteiger partial charge in [-0.05, 0) is 49.3 Å². The van der Waals surface area contributed by atoms with E-state index in [0.29, 0.717) is 0 Å². The summed E-state index contributed by atoms with van der Waals surface area (Å²) < 4.78 is 0. The first-order valence-electron chi connectivity index (χ1n) is 8.66. The summed E-state index contributed by atoms with van der Waals surface area (Å²) in [6, 6.07) is 9.72. The normalized spacial score (nSPS) is 18.4. The molecule has 2 unspecified atom stereocenters. The summed E-state index contributed by atoms with van der Waals surface area (Å²) in [5.41, 5.74) is 3.20. The van der Waals surface area contributed by atoms with Crippen LogP contribution in [-0.2, 0) is 6.42 Å². The van der Waals surface area contributed by atoms with E-state index in [0.717, 1.165) is 12.0 Å². The number of unbranched alkanes of at least 4 members (excludes halogenated alkanes) is 3. The molecule has 112 valence electrons. The highest BCUT2D eigenvalue weighted by Crippen LogP contribution is 2.38.